The molecule has 28 heavy (non-hydrogen) atoms. The van der Waals surface area contributed by atoms with Crippen LogP contribution in [0.2, 0.25) is 0 Å². The van der Waals surface area contributed by atoms with Gasteiger partial charge in [0.15, 0.2) is 0 Å². The van der Waals surface area contributed by atoms with Crippen molar-refractivity contribution in [2.75, 3.05) is 0 Å². The number of rotatable bonds is 3. The molecule has 0 aromatic heterocycles. The van der Waals surface area contributed by atoms with Gasteiger partial charge in [0.2, 0.25) is 0 Å². The third kappa shape index (κ3) is 2.94. The summed E-state index contributed by atoms with van der Waals surface area (Å²) in [5, 5.41) is 2.68. The number of benzene rings is 3. The first-order valence-corrected chi connectivity index (χ1v) is 10.4. The van der Waals surface area contributed by atoms with Gasteiger partial charge in [-0.05, 0) is 58.7 Å². The van der Waals surface area contributed by atoms with Crippen molar-refractivity contribution in [3.63, 3.8) is 0 Å². The summed E-state index contributed by atoms with van der Waals surface area (Å²) >= 11 is 0. The van der Waals surface area contributed by atoms with Crippen molar-refractivity contribution in [3.05, 3.63) is 113 Å². The Bertz CT molecular complexity index is 1100. The van der Waals surface area contributed by atoms with Gasteiger partial charge >= 0.3 is 0 Å². The van der Waals surface area contributed by atoms with Gasteiger partial charge in [0.05, 0.1) is 0 Å². The Morgan fingerprint density at radius 1 is 0.893 bits per heavy atom. The molecule has 0 N–H and O–H groups in total. The summed E-state index contributed by atoms with van der Waals surface area (Å²) in [6.07, 6.45) is 13.8. The normalized spacial score (nSPS) is 21.2. The Labute approximate surface area is 167 Å². The van der Waals surface area contributed by atoms with Crippen LogP contribution in [0.15, 0.2) is 96.6 Å². The summed E-state index contributed by atoms with van der Waals surface area (Å²) in [5.74, 6) is 0. The van der Waals surface area contributed by atoms with E-state index in [4.69, 9.17) is 0 Å². The van der Waals surface area contributed by atoms with E-state index in [1.165, 1.54) is 39.5 Å². The summed E-state index contributed by atoms with van der Waals surface area (Å²) in [6, 6.07) is 24.6. The van der Waals surface area contributed by atoms with E-state index < -0.39 is 0 Å². The van der Waals surface area contributed by atoms with Crippen molar-refractivity contribution in [3.8, 4) is 0 Å². The van der Waals surface area contributed by atoms with Crippen LogP contribution in [0, 0.1) is 5.41 Å². The Balaban J connectivity index is 1.44. The van der Waals surface area contributed by atoms with E-state index in [2.05, 4.69) is 98.0 Å². The lowest BCUT2D eigenvalue weighted by Gasteiger charge is -2.39. The molecule has 1 unspecified atom stereocenters. The average Bonchev–Trinajstić information content (AvgIpc) is 2.74. The maximum Gasteiger partial charge on any atom is 0.0174 e. The minimum atomic E-state index is 0.171. The Morgan fingerprint density at radius 2 is 1.71 bits per heavy atom. The van der Waals surface area contributed by atoms with Gasteiger partial charge in [0.25, 0.3) is 0 Å². The lowest BCUT2D eigenvalue weighted by molar-refractivity contribution is 0.500. The summed E-state index contributed by atoms with van der Waals surface area (Å²) < 4.78 is 0. The van der Waals surface area contributed by atoms with E-state index in [-0.39, 0.29) is 5.41 Å². The molecule has 0 fully saturated rings. The molecule has 3 aromatic carbocycles. The zero-order valence-corrected chi connectivity index (χ0v) is 16.5. The molecule has 1 atom stereocenters. The van der Waals surface area contributed by atoms with E-state index in [1.807, 2.05) is 0 Å². The summed E-state index contributed by atoms with van der Waals surface area (Å²) in [6.45, 7) is 2.41. The molecule has 0 nitrogen and oxygen atoms in total. The number of allylic oxidation sites excluding steroid dienone is 6. The second-order valence-electron chi connectivity index (χ2n) is 8.32. The average molecular weight is 363 g/mol. The van der Waals surface area contributed by atoms with Crippen LogP contribution in [0.25, 0.3) is 16.3 Å². The smallest absolute Gasteiger partial charge is 0.0174 e. The minimum Gasteiger partial charge on any atom is -0.0833 e. The first-order chi connectivity index (χ1) is 13.7. The van der Waals surface area contributed by atoms with Gasteiger partial charge in [-0.25, -0.2) is 0 Å². The first kappa shape index (κ1) is 17.3. The van der Waals surface area contributed by atoms with Gasteiger partial charge in [0.1, 0.15) is 0 Å². The molecule has 0 bridgehead atoms. The van der Waals surface area contributed by atoms with Crippen molar-refractivity contribution in [1.82, 2.24) is 0 Å². The number of hydrogen-bond donors (Lipinski definition) is 0. The predicted molar refractivity (Wildman–Crippen MR) is 120 cm³/mol. The molecular weight excluding hydrogens is 336 g/mol. The number of fused-ring (bicyclic) bond motifs is 2. The summed E-state index contributed by atoms with van der Waals surface area (Å²) in [4.78, 5) is 0. The monoisotopic (exact) mass is 362 g/mol. The maximum absolute atomic E-state index is 2.47. The molecule has 0 spiro atoms. The van der Waals surface area contributed by atoms with Crippen molar-refractivity contribution in [1.29, 1.82) is 0 Å². The van der Waals surface area contributed by atoms with Crippen LogP contribution in [0.5, 0.6) is 0 Å². The predicted octanol–water partition coefficient (Wildman–Crippen LogP) is 7.50. The highest BCUT2D eigenvalue weighted by Crippen LogP contribution is 2.50. The molecule has 0 heteroatoms. The lowest BCUT2D eigenvalue weighted by Crippen LogP contribution is -2.25. The van der Waals surface area contributed by atoms with E-state index in [0.717, 1.165) is 19.3 Å². The third-order valence-corrected chi connectivity index (χ3v) is 6.56. The van der Waals surface area contributed by atoms with Crippen LogP contribution >= 0.6 is 0 Å². The van der Waals surface area contributed by atoms with Crippen molar-refractivity contribution < 1.29 is 0 Å². The molecule has 138 valence electrons. The zero-order chi connectivity index (χ0) is 19.0. The molecule has 0 saturated heterocycles. The molecule has 0 radical (unpaired) electrons. The van der Waals surface area contributed by atoms with Gasteiger partial charge in [-0.3, -0.25) is 0 Å². The molecule has 0 amide bonds. The summed E-state index contributed by atoms with van der Waals surface area (Å²) in [5.41, 5.74) is 7.42. The van der Waals surface area contributed by atoms with E-state index in [0.29, 0.717) is 0 Å². The molecule has 5 rings (SSSR count). The highest BCUT2D eigenvalue weighted by Gasteiger charge is 2.35. The largest absolute Gasteiger partial charge is 0.0833 e. The molecule has 0 heterocycles. The molecular formula is C28H26. The third-order valence-electron chi connectivity index (χ3n) is 6.56. The molecule has 2 aliphatic carbocycles. The van der Waals surface area contributed by atoms with Crippen LogP contribution in [-0.2, 0) is 6.42 Å². The first-order valence-electron chi connectivity index (χ1n) is 10.4. The Hall–Kier alpha value is -2.86. The van der Waals surface area contributed by atoms with Gasteiger partial charge in [-0.15, -0.1) is 0 Å². The van der Waals surface area contributed by atoms with E-state index in [9.17, 15) is 0 Å². The Kier molecular flexibility index (Phi) is 4.28. The van der Waals surface area contributed by atoms with Crippen LogP contribution in [-0.4, -0.2) is 0 Å². The fourth-order valence-electron chi connectivity index (χ4n) is 4.95. The second-order valence-corrected chi connectivity index (χ2v) is 8.32. The molecule has 2 aliphatic rings. The van der Waals surface area contributed by atoms with Gasteiger partial charge in [-0.1, -0.05) is 104 Å². The summed E-state index contributed by atoms with van der Waals surface area (Å²) in [7, 11) is 0. The molecule has 0 aliphatic heterocycles. The second kappa shape index (κ2) is 6.95. The highest BCUT2D eigenvalue weighted by atomic mass is 14.4. The quantitative estimate of drug-likeness (QED) is 0.452. The van der Waals surface area contributed by atoms with Crippen LogP contribution in [0.4, 0.5) is 0 Å². The standard InChI is InChI=1S/C28H26/c1-28-19-5-4-11-25(28)12-7-14-27(28)23-17-15-21(16-18-23)20-24-10-6-9-22-8-2-3-13-26(22)24/h2-6,8-11,13-18H,7,12,19-20H2,1H3. The lowest BCUT2D eigenvalue weighted by atomic mass is 9.65. The molecule has 3 aromatic rings. The molecule has 0 saturated carbocycles. The van der Waals surface area contributed by atoms with Crippen LogP contribution in [0.3, 0.4) is 0 Å². The maximum atomic E-state index is 2.47. The van der Waals surface area contributed by atoms with Gasteiger partial charge < -0.3 is 0 Å². The fraction of sp³-hybridized carbons (Fsp3) is 0.214. The Morgan fingerprint density at radius 3 is 2.61 bits per heavy atom. The number of hydrogen-bond acceptors (Lipinski definition) is 0. The van der Waals surface area contributed by atoms with Gasteiger partial charge in [-0.2, -0.15) is 0 Å². The van der Waals surface area contributed by atoms with E-state index in [1.54, 1.807) is 5.57 Å². The topological polar surface area (TPSA) is 0 Å². The van der Waals surface area contributed by atoms with Crippen molar-refractivity contribution in [2.24, 2.45) is 5.41 Å². The van der Waals surface area contributed by atoms with Crippen molar-refractivity contribution in [2.45, 2.75) is 32.6 Å². The fourth-order valence-corrected chi connectivity index (χ4v) is 4.95. The van der Waals surface area contributed by atoms with E-state index >= 15 is 0 Å². The van der Waals surface area contributed by atoms with Crippen LogP contribution in [0.1, 0.15) is 42.9 Å². The van der Waals surface area contributed by atoms with Crippen LogP contribution < -0.4 is 0 Å². The SMILES string of the molecule is CC12CC=CC=C1CCC=C2c1ccc(Cc2cccc3ccccc23)cc1. The van der Waals surface area contributed by atoms with Crippen molar-refractivity contribution >= 4 is 16.3 Å². The zero-order valence-electron chi connectivity index (χ0n) is 16.5. The van der Waals surface area contributed by atoms with Gasteiger partial charge in [0, 0.05) is 5.41 Å². The minimum absolute atomic E-state index is 0.171. The highest BCUT2D eigenvalue weighted by molar-refractivity contribution is 5.86.